The molecule has 0 aliphatic rings. The quantitative estimate of drug-likeness (QED) is 0.832. The van der Waals surface area contributed by atoms with Crippen LogP contribution in [0.1, 0.15) is 10.4 Å². The maximum absolute atomic E-state index is 13.7. The molecule has 0 atom stereocenters. The van der Waals surface area contributed by atoms with Crippen molar-refractivity contribution in [3.63, 3.8) is 0 Å². The minimum atomic E-state index is -4.51. The second-order valence-electron chi connectivity index (χ2n) is 4.56. The van der Waals surface area contributed by atoms with E-state index in [0.29, 0.717) is 0 Å². The molecule has 6 nitrogen and oxygen atoms in total. The Morgan fingerprint density at radius 1 is 1.08 bits per heavy atom. The molecule has 2 rings (SSSR count). The highest BCUT2D eigenvalue weighted by Crippen LogP contribution is 2.27. The van der Waals surface area contributed by atoms with Crippen molar-refractivity contribution in [2.24, 2.45) is 0 Å². The SMILES string of the molecule is COC(=O)c1ccc(NS(=O)(=O)c2c(F)cccc2F)cc1OC. The summed E-state index contributed by atoms with van der Waals surface area (Å²) in [6.07, 6.45) is 0. The Bertz CT molecular complexity index is 863. The Kier molecular flexibility index (Phi) is 5.03. The molecule has 0 bridgehead atoms. The Morgan fingerprint density at radius 2 is 1.71 bits per heavy atom. The monoisotopic (exact) mass is 357 g/mol. The largest absolute Gasteiger partial charge is 0.496 e. The van der Waals surface area contributed by atoms with E-state index in [1.54, 1.807) is 0 Å². The highest BCUT2D eigenvalue weighted by molar-refractivity contribution is 7.92. The average Bonchev–Trinajstić information content (AvgIpc) is 2.53. The summed E-state index contributed by atoms with van der Waals surface area (Å²) in [4.78, 5) is 10.5. The van der Waals surface area contributed by atoms with Gasteiger partial charge in [-0.25, -0.2) is 22.0 Å². The fourth-order valence-electron chi connectivity index (χ4n) is 1.98. The fraction of sp³-hybridized carbons (Fsp3) is 0.133. The van der Waals surface area contributed by atoms with Crippen molar-refractivity contribution in [1.29, 1.82) is 0 Å². The van der Waals surface area contributed by atoms with Crippen LogP contribution < -0.4 is 9.46 Å². The van der Waals surface area contributed by atoms with Gasteiger partial charge in [-0.1, -0.05) is 6.07 Å². The number of esters is 1. The standard InChI is InChI=1S/C15H13F2NO5S/c1-22-13-8-9(6-7-10(13)15(19)23-2)18-24(20,21)14-11(16)4-3-5-12(14)17/h3-8,18H,1-2H3. The molecule has 0 heterocycles. The van der Waals surface area contributed by atoms with Crippen molar-refractivity contribution in [3.8, 4) is 5.75 Å². The molecule has 0 radical (unpaired) electrons. The van der Waals surface area contributed by atoms with Crippen molar-refractivity contribution < 1.29 is 31.5 Å². The molecule has 0 aliphatic heterocycles. The van der Waals surface area contributed by atoms with Gasteiger partial charge in [-0.3, -0.25) is 4.72 Å². The number of hydrogen-bond donors (Lipinski definition) is 1. The van der Waals surface area contributed by atoms with E-state index in [2.05, 4.69) is 4.74 Å². The number of carbonyl (C=O) groups is 1. The van der Waals surface area contributed by atoms with Gasteiger partial charge in [0.2, 0.25) is 0 Å². The molecule has 0 amide bonds. The lowest BCUT2D eigenvalue weighted by molar-refractivity contribution is 0.0597. The Labute approximate surface area is 137 Å². The van der Waals surface area contributed by atoms with Crippen LogP contribution in [0.4, 0.5) is 14.5 Å². The van der Waals surface area contributed by atoms with E-state index >= 15 is 0 Å². The predicted octanol–water partition coefficient (Wildman–Crippen LogP) is 2.56. The molecule has 0 saturated carbocycles. The molecule has 24 heavy (non-hydrogen) atoms. The zero-order chi connectivity index (χ0) is 17.9. The van der Waals surface area contributed by atoms with Gasteiger partial charge in [0.15, 0.2) is 4.90 Å². The summed E-state index contributed by atoms with van der Waals surface area (Å²) in [5.74, 6) is -3.08. The number of halogens is 2. The van der Waals surface area contributed by atoms with E-state index in [4.69, 9.17) is 4.74 Å². The predicted molar refractivity (Wildman–Crippen MR) is 81.5 cm³/mol. The second kappa shape index (κ2) is 6.83. The first-order valence-corrected chi connectivity index (χ1v) is 8.01. The van der Waals surface area contributed by atoms with E-state index in [1.165, 1.54) is 32.4 Å². The van der Waals surface area contributed by atoms with Crippen LogP contribution in [-0.4, -0.2) is 28.6 Å². The van der Waals surface area contributed by atoms with Gasteiger partial charge in [0.1, 0.15) is 22.9 Å². The van der Waals surface area contributed by atoms with Crippen LogP contribution in [0.3, 0.4) is 0 Å². The zero-order valence-corrected chi connectivity index (χ0v) is 13.5. The lowest BCUT2D eigenvalue weighted by Gasteiger charge is -2.12. The smallest absolute Gasteiger partial charge is 0.341 e. The number of sulfonamides is 1. The first kappa shape index (κ1) is 17.7. The van der Waals surface area contributed by atoms with Gasteiger partial charge in [0, 0.05) is 6.07 Å². The van der Waals surface area contributed by atoms with Gasteiger partial charge >= 0.3 is 5.97 Å². The summed E-state index contributed by atoms with van der Waals surface area (Å²) >= 11 is 0. The summed E-state index contributed by atoms with van der Waals surface area (Å²) in [5, 5.41) is 0. The normalized spacial score (nSPS) is 11.0. The van der Waals surface area contributed by atoms with E-state index in [0.717, 1.165) is 18.2 Å². The van der Waals surface area contributed by atoms with Crippen LogP contribution in [0, 0.1) is 11.6 Å². The van der Waals surface area contributed by atoms with E-state index in [9.17, 15) is 22.0 Å². The van der Waals surface area contributed by atoms with Gasteiger partial charge in [-0.2, -0.15) is 0 Å². The topological polar surface area (TPSA) is 81.7 Å². The minimum absolute atomic E-state index is 0.0380. The van der Waals surface area contributed by atoms with Crippen molar-refractivity contribution in [2.45, 2.75) is 4.90 Å². The molecule has 9 heteroatoms. The lowest BCUT2D eigenvalue weighted by atomic mass is 10.2. The third-order valence-electron chi connectivity index (χ3n) is 3.05. The first-order chi connectivity index (χ1) is 11.3. The van der Waals surface area contributed by atoms with Crippen LogP contribution >= 0.6 is 0 Å². The molecule has 0 saturated heterocycles. The highest BCUT2D eigenvalue weighted by atomic mass is 32.2. The Hall–Kier alpha value is -2.68. The number of methoxy groups -OCH3 is 2. The van der Waals surface area contributed by atoms with Crippen LogP contribution in [-0.2, 0) is 14.8 Å². The second-order valence-corrected chi connectivity index (χ2v) is 6.18. The van der Waals surface area contributed by atoms with E-state index in [1.807, 2.05) is 4.72 Å². The Balaban J connectivity index is 2.42. The summed E-state index contributed by atoms with van der Waals surface area (Å²) < 4.78 is 63.3. The molecule has 0 aliphatic carbocycles. The average molecular weight is 357 g/mol. The molecular weight excluding hydrogens is 344 g/mol. The maximum Gasteiger partial charge on any atom is 0.341 e. The van der Waals surface area contributed by atoms with Gasteiger partial charge < -0.3 is 9.47 Å². The summed E-state index contributed by atoms with van der Waals surface area (Å²) in [6.45, 7) is 0. The van der Waals surface area contributed by atoms with Crippen LogP contribution in [0.15, 0.2) is 41.3 Å². The first-order valence-electron chi connectivity index (χ1n) is 6.53. The molecule has 2 aromatic carbocycles. The van der Waals surface area contributed by atoms with Gasteiger partial charge in [-0.05, 0) is 24.3 Å². The van der Waals surface area contributed by atoms with Gasteiger partial charge in [0.05, 0.1) is 19.9 Å². The number of benzene rings is 2. The maximum atomic E-state index is 13.7. The molecule has 1 N–H and O–H groups in total. The molecule has 0 unspecified atom stereocenters. The summed E-state index contributed by atoms with van der Waals surface area (Å²) in [7, 11) is -2.06. The Morgan fingerprint density at radius 3 is 2.25 bits per heavy atom. The van der Waals surface area contributed by atoms with Gasteiger partial charge in [0.25, 0.3) is 10.0 Å². The molecule has 0 aromatic heterocycles. The highest BCUT2D eigenvalue weighted by Gasteiger charge is 2.24. The minimum Gasteiger partial charge on any atom is -0.496 e. The van der Waals surface area contributed by atoms with Crippen LogP contribution in [0.2, 0.25) is 0 Å². The zero-order valence-electron chi connectivity index (χ0n) is 12.7. The van der Waals surface area contributed by atoms with E-state index in [-0.39, 0.29) is 17.0 Å². The molecule has 0 fully saturated rings. The number of ether oxygens (including phenoxy) is 2. The van der Waals surface area contributed by atoms with E-state index < -0.39 is 32.5 Å². The van der Waals surface area contributed by atoms with Crippen LogP contribution in [0.25, 0.3) is 0 Å². The molecule has 2 aromatic rings. The van der Waals surface area contributed by atoms with Crippen LogP contribution in [0.5, 0.6) is 5.75 Å². The molecular formula is C15H13F2NO5S. The number of hydrogen-bond acceptors (Lipinski definition) is 5. The van der Waals surface area contributed by atoms with Crippen molar-refractivity contribution in [3.05, 3.63) is 53.6 Å². The number of rotatable bonds is 5. The third-order valence-corrected chi connectivity index (χ3v) is 4.48. The summed E-state index contributed by atoms with van der Waals surface area (Å²) in [6, 6.07) is 6.42. The van der Waals surface area contributed by atoms with Crippen molar-refractivity contribution in [2.75, 3.05) is 18.9 Å². The number of nitrogens with one attached hydrogen (secondary N) is 1. The summed E-state index contributed by atoms with van der Waals surface area (Å²) in [5.41, 5.74) is 0.0298. The van der Waals surface area contributed by atoms with Crippen molar-refractivity contribution in [1.82, 2.24) is 0 Å². The third kappa shape index (κ3) is 3.46. The lowest BCUT2D eigenvalue weighted by Crippen LogP contribution is -2.16. The molecule has 128 valence electrons. The fourth-order valence-corrected chi connectivity index (χ4v) is 3.17. The van der Waals surface area contributed by atoms with Gasteiger partial charge in [-0.15, -0.1) is 0 Å². The van der Waals surface area contributed by atoms with Crippen molar-refractivity contribution >= 4 is 21.7 Å². The molecule has 0 spiro atoms. The number of anilines is 1. The number of carbonyl (C=O) groups excluding carboxylic acids is 1.